The third kappa shape index (κ3) is 1.58. The molecule has 0 aliphatic heterocycles. The van der Waals surface area contributed by atoms with Gasteiger partial charge in [0.1, 0.15) is 0 Å². The summed E-state index contributed by atoms with van der Waals surface area (Å²) < 4.78 is 2.14. The van der Waals surface area contributed by atoms with E-state index in [1.54, 1.807) is 0 Å². The van der Waals surface area contributed by atoms with Crippen LogP contribution < -0.4 is 5.73 Å². The van der Waals surface area contributed by atoms with Crippen LogP contribution in [0.15, 0.2) is 54.7 Å². The van der Waals surface area contributed by atoms with Crippen molar-refractivity contribution in [1.29, 1.82) is 0 Å². The number of hydrogen-bond donors (Lipinski definition) is 1. The summed E-state index contributed by atoms with van der Waals surface area (Å²) >= 11 is 0. The van der Waals surface area contributed by atoms with Crippen LogP contribution in [0.4, 0.5) is 5.69 Å². The van der Waals surface area contributed by atoms with Crippen molar-refractivity contribution in [3.63, 3.8) is 0 Å². The first kappa shape index (κ1) is 9.97. The van der Waals surface area contributed by atoms with Crippen LogP contribution in [0, 0.1) is 6.92 Å². The van der Waals surface area contributed by atoms with Crippen LogP contribution in [0.1, 0.15) is 5.56 Å². The minimum Gasteiger partial charge on any atom is -0.397 e. The molecule has 2 aromatic carbocycles. The number of fused-ring (bicyclic) bond motifs is 1. The molecule has 2 N–H and O–H groups in total. The highest BCUT2D eigenvalue weighted by Crippen LogP contribution is 2.24. The lowest BCUT2D eigenvalue weighted by Crippen LogP contribution is -1.97. The molecule has 2 heteroatoms. The quantitative estimate of drug-likeness (QED) is 0.627. The third-order valence-corrected chi connectivity index (χ3v) is 3.04. The third-order valence-electron chi connectivity index (χ3n) is 3.04. The summed E-state index contributed by atoms with van der Waals surface area (Å²) in [6.45, 7) is 2.10. The van der Waals surface area contributed by atoms with Gasteiger partial charge in [0.25, 0.3) is 0 Å². The number of nitrogen functional groups attached to an aromatic ring is 1. The van der Waals surface area contributed by atoms with Crippen molar-refractivity contribution in [2.45, 2.75) is 6.92 Å². The average Bonchev–Trinajstić information content (AvgIpc) is 2.72. The molecule has 0 bridgehead atoms. The lowest BCUT2D eigenvalue weighted by atomic mass is 10.2. The molecule has 0 saturated carbocycles. The highest BCUT2D eigenvalue weighted by molar-refractivity contribution is 5.83. The molecule has 1 aromatic heterocycles. The first-order valence-electron chi connectivity index (χ1n) is 5.68. The lowest BCUT2D eigenvalue weighted by molar-refractivity contribution is 1.13. The molecule has 2 nitrogen and oxygen atoms in total. The smallest absolute Gasteiger partial charge is 0.0685 e. The predicted molar refractivity (Wildman–Crippen MR) is 72.4 cm³/mol. The zero-order valence-corrected chi connectivity index (χ0v) is 9.72. The van der Waals surface area contributed by atoms with E-state index in [4.69, 9.17) is 5.73 Å². The standard InChI is InChI=1S/C15H14N2/c1-11-6-7-12-8-9-17(15(12)10-11)14-5-3-2-4-13(14)16/h2-10H,16H2,1H3. The monoisotopic (exact) mass is 222 g/mol. The SMILES string of the molecule is Cc1ccc2ccn(-c3ccccc3N)c2c1. The summed E-state index contributed by atoms with van der Waals surface area (Å²) in [6.07, 6.45) is 2.07. The van der Waals surface area contributed by atoms with Gasteiger partial charge >= 0.3 is 0 Å². The average molecular weight is 222 g/mol. The Balaban J connectivity index is 2.31. The van der Waals surface area contributed by atoms with E-state index in [0.717, 1.165) is 11.4 Å². The van der Waals surface area contributed by atoms with Crippen LogP contribution in [0.2, 0.25) is 0 Å². The Hall–Kier alpha value is -2.22. The molecule has 0 aliphatic carbocycles. The van der Waals surface area contributed by atoms with Crippen LogP contribution >= 0.6 is 0 Å². The van der Waals surface area contributed by atoms with E-state index in [-0.39, 0.29) is 0 Å². The number of benzene rings is 2. The van der Waals surface area contributed by atoms with Gasteiger partial charge in [-0.25, -0.2) is 0 Å². The molecule has 3 aromatic rings. The molecule has 0 fully saturated rings. The molecule has 0 spiro atoms. The summed E-state index contributed by atoms with van der Waals surface area (Å²) in [5.74, 6) is 0. The van der Waals surface area contributed by atoms with Crippen LogP contribution in [0.5, 0.6) is 0 Å². The second-order valence-electron chi connectivity index (χ2n) is 4.31. The minimum atomic E-state index is 0.798. The Morgan fingerprint density at radius 3 is 2.65 bits per heavy atom. The molecule has 17 heavy (non-hydrogen) atoms. The van der Waals surface area contributed by atoms with Gasteiger partial charge in [0.05, 0.1) is 16.9 Å². The molecule has 0 radical (unpaired) electrons. The van der Waals surface area contributed by atoms with Crippen molar-refractivity contribution in [3.8, 4) is 5.69 Å². The van der Waals surface area contributed by atoms with Crippen molar-refractivity contribution in [2.24, 2.45) is 0 Å². The number of aryl methyl sites for hydroxylation is 1. The summed E-state index contributed by atoms with van der Waals surface area (Å²) in [6, 6.07) is 16.5. The molecule has 84 valence electrons. The Morgan fingerprint density at radius 2 is 1.82 bits per heavy atom. The fraction of sp³-hybridized carbons (Fsp3) is 0.0667. The van der Waals surface area contributed by atoms with Gasteiger partial charge in [0.15, 0.2) is 0 Å². The van der Waals surface area contributed by atoms with E-state index in [1.807, 2.05) is 24.3 Å². The maximum atomic E-state index is 6.02. The number of nitrogens with zero attached hydrogens (tertiary/aromatic N) is 1. The first-order chi connectivity index (χ1) is 8.25. The number of aromatic nitrogens is 1. The zero-order valence-electron chi connectivity index (χ0n) is 9.72. The molecule has 0 atom stereocenters. The number of para-hydroxylation sites is 2. The van der Waals surface area contributed by atoms with Gasteiger partial charge in [-0.1, -0.05) is 24.3 Å². The molecule has 0 saturated heterocycles. The predicted octanol–water partition coefficient (Wildman–Crippen LogP) is 3.52. The molecular formula is C15H14N2. The van der Waals surface area contributed by atoms with E-state index in [1.165, 1.54) is 16.5 Å². The molecular weight excluding hydrogens is 208 g/mol. The number of hydrogen-bond acceptors (Lipinski definition) is 1. The van der Waals surface area contributed by atoms with Crippen LogP contribution in [-0.4, -0.2) is 4.57 Å². The van der Waals surface area contributed by atoms with Crippen molar-refractivity contribution in [2.75, 3.05) is 5.73 Å². The Kier molecular flexibility index (Phi) is 2.15. The van der Waals surface area contributed by atoms with Gasteiger partial charge in [-0.15, -0.1) is 0 Å². The maximum absolute atomic E-state index is 6.02. The van der Waals surface area contributed by atoms with Crippen molar-refractivity contribution in [3.05, 3.63) is 60.3 Å². The van der Waals surface area contributed by atoms with Crippen molar-refractivity contribution >= 4 is 16.6 Å². The largest absolute Gasteiger partial charge is 0.397 e. The summed E-state index contributed by atoms with van der Waals surface area (Å²) in [7, 11) is 0. The van der Waals surface area contributed by atoms with Gasteiger partial charge < -0.3 is 10.3 Å². The number of nitrogens with two attached hydrogens (primary N) is 1. The molecule has 0 unspecified atom stereocenters. The molecule has 3 rings (SSSR count). The van der Waals surface area contributed by atoms with Gasteiger partial charge in [-0.2, -0.15) is 0 Å². The van der Waals surface area contributed by atoms with Crippen molar-refractivity contribution in [1.82, 2.24) is 4.57 Å². The van der Waals surface area contributed by atoms with Crippen LogP contribution in [0.3, 0.4) is 0 Å². The Labute approximate surface area is 100 Å². The van der Waals surface area contributed by atoms with Crippen LogP contribution in [-0.2, 0) is 0 Å². The molecule has 0 aliphatic rings. The summed E-state index contributed by atoms with van der Waals surface area (Å²) in [4.78, 5) is 0. The highest BCUT2D eigenvalue weighted by atomic mass is 15.0. The van der Waals surface area contributed by atoms with Gasteiger partial charge in [-0.05, 0) is 42.1 Å². The van der Waals surface area contributed by atoms with E-state index in [0.29, 0.717) is 0 Å². The minimum absolute atomic E-state index is 0.798. The maximum Gasteiger partial charge on any atom is 0.0685 e. The van der Waals surface area contributed by atoms with E-state index < -0.39 is 0 Å². The second-order valence-corrected chi connectivity index (χ2v) is 4.31. The molecule has 0 amide bonds. The normalized spacial score (nSPS) is 10.9. The fourth-order valence-corrected chi connectivity index (χ4v) is 2.16. The fourth-order valence-electron chi connectivity index (χ4n) is 2.16. The number of rotatable bonds is 1. The van der Waals surface area contributed by atoms with Gasteiger partial charge in [-0.3, -0.25) is 0 Å². The van der Waals surface area contributed by atoms with Gasteiger partial charge in [0, 0.05) is 6.20 Å². The second kappa shape index (κ2) is 3.67. The van der Waals surface area contributed by atoms with E-state index >= 15 is 0 Å². The van der Waals surface area contributed by atoms with E-state index in [2.05, 4.69) is 42.0 Å². The highest BCUT2D eigenvalue weighted by Gasteiger charge is 2.05. The molecule has 1 heterocycles. The number of anilines is 1. The summed E-state index contributed by atoms with van der Waals surface area (Å²) in [5.41, 5.74) is 10.3. The Morgan fingerprint density at radius 1 is 1.00 bits per heavy atom. The van der Waals surface area contributed by atoms with Gasteiger partial charge in [0.2, 0.25) is 0 Å². The first-order valence-corrected chi connectivity index (χ1v) is 5.68. The van der Waals surface area contributed by atoms with Crippen LogP contribution in [0.25, 0.3) is 16.6 Å². The lowest BCUT2D eigenvalue weighted by Gasteiger charge is -2.08. The van der Waals surface area contributed by atoms with E-state index in [9.17, 15) is 0 Å². The van der Waals surface area contributed by atoms with Crippen molar-refractivity contribution < 1.29 is 0 Å². The Bertz CT molecular complexity index is 680. The zero-order chi connectivity index (χ0) is 11.8. The topological polar surface area (TPSA) is 30.9 Å². The summed E-state index contributed by atoms with van der Waals surface area (Å²) in [5, 5.41) is 1.24.